The van der Waals surface area contributed by atoms with E-state index in [4.69, 9.17) is 15.5 Å². The average Bonchev–Trinajstić information content (AvgIpc) is 3.56. The molecule has 3 aromatic rings. The van der Waals surface area contributed by atoms with Gasteiger partial charge in [-0.25, -0.2) is 15.0 Å². The highest BCUT2D eigenvalue weighted by atomic mass is 79.9. The topological polar surface area (TPSA) is 122 Å². The van der Waals surface area contributed by atoms with Crippen molar-refractivity contribution in [2.75, 3.05) is 36.5 Å². The minimum absolute atomic E-state index is 0.0677. The quantitative estimate of drug-likeness (QED) is 0.452. The Hall–Kier alpha value is -2.98. The number of morpholine rings is 1. The number of primary amides is 1. The van der Waals surface area contributed by atoms with E-state index in [0.29, 0.717) is 30.2 Å². The normalized spacial score (nSPS) is 26.3. The summed E-state index contributed by atoms with van der Waals surface area (Å²) in [5, 5.41) is 3.59. The number of fused-ring (bicyclic) bond motifs is 3. The van der Waals surface area contributed by atoms with E-state index >= 15 is 0 Å². The predicted molar refractivity (Wildman–Crippen MR) is 129 cm³/mol. The Bertz CT molecular complexity index is 1250. The molecule has 0 aromatic carbocycles. The van der Waals surface area contributed by atoms with Gasteiger partial charge in [0, 0.05) is 31.5 Å². The number of aromatic nitrogens is 4. The van der Waals surface area contributed by atoms with Crippen molar-refractivity contribution in [2.45, 2.75) is 12.5 Å². The summed E-state index contributed by atoms with van der Waals surface area (Å²) in [7, 11) is 0. The zero-order chi connectivity index (χ0) is 22.5. The molecule has 6 rings (SSSR count). The van der Waals surface area contributed by atoms with Gasteiger partial charge in [-0.3, -0.25) is 4.79 Å². The number of aromatic amines is 1. The summed E-state index contributed by atoms with van der Waals surface area (Å²) in [4.78, 5) is 31.9. The maximum absolute atomic E-state index is 12.2. The fourth-order valence-corrected chi connectivity index (χ4v) is 5.78. The van der Waals surface area contributed by atoms with Crippen LogP contribution < -0.4 is 16.0 Å². The minimum Gasteiger partial charge on any atom is -0.378 e. The Kier molecular flexibility index (Phi) is 5.06. The van der Waals surface area contributed by atoms with Gasteiger partial charge in [0.05, 0.1) is 34.9 Å². The number of nitrogens with one attached hydrogen (secondary N) is 2. The molecule has 1 amide bonds. The largest absolute Gasteiger partial charge is 0.378 e. The Labute approximate surface area is 199 Å². The first-order chi connectivity index (χ1) is 16.1. The summed E-state index contributed by atoms with van der Waals surface area (Å²) < 4.78 is 6.29. The first kappa shape index (κ1) is 20.6. The summed E-state index contributed by atoms with van der Waals surface area (Å²) in [5.41, 5.74) is 8.88. The number of hydrogen-bond acceptors (Lipinski definition) is 7. The van der Waals surface area contributed by atoms with E-state index in [9.17, 15) is 4.79 Å². The standard InChI is InChI=1S/C23H24BrN7O2/c24-15-11-27-22-19(18(15)28-17-13-4-3-12(10-13)16(17)20(25)32)29-21(30-22)14-2-1-5-26-23(14)31-6-8-33-9-7-31/h1-5,11-13,16-17H,6-10H2,(H2,25,32)(H2,27,28,29,30)/t12-,13+,16+,17-/m1/s1. The number of carbonyl (C=O) groups excluding carboxylic acids is 1. The number of anilines is 2. The Morgan fingerprint density at radius 1 is 1.24 bits per heavy atom. The third-order valence-corrected chi connectivity index (χ3v) is 7.52. The number of amides is 1. The third kappa shape index (κ3) is 3.48. The fourth-order valence-electron chi connectivity index (χ4n) is 5.38. The van der Waals surface area contributed by atoms with E-state index in [1.54, 1.807) is 12.4 Å². The van der Waals surface area contributed by atoms with Crippen LogP contribution in [0.5, 0.6) is 0 Å². The van der Waals surface area contributed by atoms with Crippen molar-refractivity contribution >= 4 is 44.5 Å². The van der Waals surface area contributed by atoms with Gasteiger partial charge in [-0.1, -0.05) is 12.2 Å². The van der Waals surface area contributed by atoms with Gasteiger partial charge in [0.2, 0.25) is 5.91 Å². The summed E-state index contributed by atoms with van der Waals surface area (Å²) in [6, 6.07) is 3.86. The lowest BCUT2D eigenvalue weighted by Gasteiger charge is -2.29. The summed E-state index contributed by atoms with van der Waals surface area (Å²) >= 11 is 3.63. The van der Waals surface area contributed by atoms with Crippen molar-refractivity contribution in [1.29, 1.82) is 0 Å². The van der Waals surface area contributed by atoms with E-state index in [0.717, 1.165) is 41.1 Å². The molecule has 4 N–H and O–H groups in total. The van der Waals surface area contributed by atoms with Crippen molar-refractivity contribution in [3.63, 3.8) is 0 Å². The summed E-state index contributed by atoms with van der Waals surface area (Å²) in [5.74, 6) is 1.54. The van der Waals surface area contributed by atoms with Crippen molar-refractivity contribution in [1.82, 2.24) is 19.9 Å². The number of imidazole rings is 1. The van der Waals surface area contributed by atoms with Crippen LogP contribution in [0.4, 0.5) is 11.5 Å². The molecule has 2 bridgehead atoms. The number of allylic oxidation sites excluding steroid dienone is 1. The number of nitrogens with zero attached hydrogens (tertiary/aromatic N) is 4. The molecule has 10 heteroatoms. The lowest BCUT2D eigenvalue weighted by atomic mass is 9.88. The number of hydrogen-bond donors (Lipinski definition) is 3. The lowest BCUT2D eigenvalue weighted by molar-refractivity contribution is -0.122. The van der Waals surface area contributed by atoms with Crippen LogP contribution in [0.3, 0.4) is 0 Å². The molecule has 4 heterocycles. The second kappa shape index (κ2) is 8.11. The zero-order valence-electron chi connectivity index (χ0n) is 17.9. The third-order valence-electron chi connectivity index (χ3n) is 6.92. The smallest absolute Gasteiger partial charge is 0.223 e. The number of rotatable bonds is 5. The molecule has 1 aliphatic heterocycles. The van der Waals surface area contributed by atoms with Crippen LogP contribution in [0.15, 0.2) is 41.2 Å². The van der Waals surface area contributed by atoms with Gasteiger partial charge < -0.3 is 25.7 Å². The molecule has 3 aliphatic rings. The fraction of sp³-hybridized carbons (Fsp3) is 0.391. The average molecular weight is 510 g/mol. The highest BCUT2D eigenvalue weighted by molar-refractivity contribution is 9.10. The molecule has 1 saturated carbocycles. The Balaban J connectivity index is 1.39. The van der Waals surface area contributed by atoms with Crippen LogP contribution >= 0.6 is 15.9 Å². The van der Waals surface area contributed by atoms with Crippen LogP contribution in [0, 0.1) is 17.8 Å². The SMILES string of the molecule is NC(=O)[C@@H]1[C@H](Nc2c(Br)cnc3[nH]c(-c4cccnc4N4CCOCC4)nc23)[C@H]2C=C[C@@H]1C2. The molecule has 4 atom stereocenters. The number of ether oxygens (including phenoxy) is 1. The van der Waals surface area contributed by atoms with Crippen LogP contribution in [0.2, 0.25) is 0 Å². The lowest BCUT2D eigenvalue weighted by Crippen LogP contribution is -2.41. The molecule has 0 radical (unpaired) electrons. The van der Waals surface area contributed by atoms with Crippen molar-refractivity contribution in [3.8, 4) is 11.4 Å². The number of nitrogens with two attached hydrogens (primary N) is 1. The maximum atomic E-state index is 12.2. The van der Waals surface area contributed by atoms with Gasteiger partial charge >= 0.3 is 0 Å². The molecule has 3 aromatic heterocycles. The van der Waals surface area contributed by atoms with Crippen LogP contribution in [0.1, 0.15) is 6.42 Å². The highest BCUT2D eigenvalue weighted by Crippen LogP contribution is 2.46. The second-order valence-electron chi connectivity index (χ2n) is 8.78. The highest BCUT2D eigenvalue weighted by Gasteiger charge is 2.47. The Morgan fingerprint density at radius 2 is 2.06 bits per heavy atom. The van der Waals surface area contributed by atoms with E-state index in [2.05, 4.69) is 53.3 Å². The van der Waals surface area contributed by atoms with Gasteiger partial charge in [-0.15, -0.1) is 0 Å². The summed E-state index contributed by atoms with van der Waals surface area (Å²) in [6.45, 7) is 2.93. The number of halogens is 1. The number of pyridine rings is 2. The minimum atomic E-state index is -0.265. The maximum Gasteiger partial charge on any atom is 0.223 e. The monoisotopic (exact) mass is 509 g/mol. The molecule has 33 heavy (non-hydrogen) atoms. The Morgan fingerprint density at radius 3 is 2.88 bits per heavy atom. The molecular weight excluding hydrogens is 486 g/mol. The first-order valence-corrected chi connectivity index (χ1v) is 12.0. The van der Waals surface area contributed by atoms with Gasteiger partial charge in [-0.2, -0.15) is 0 Å². The molecule has 0 unspecified atom stereocenters. The summed E-state index contributed by atoms with van der Waals surface area (Å²) in [6.07, 6.45) is 8.81. The molecule has 1 saturated heterocycles. The second-order valence-corrected chi connectivity index (χ2v) is 9.64. The van der Waals surface area contributed by atoms with Gasteiger partial charge in [0.1, 0.15) is 17.2 Å². The van der Waals surface area contributed by atoms with Crippen molar-refractivity contribution in [3.05, 3.63) is 41.2 Å². The van der Waals surface area contributed by atoms with Gasteiger partial charge in [0.15, 0.2) is 5.65 Å². The van der Waals surface area contributed by atoms with Crippen molar-refractivity contribution < 1.29 is 9.53 Å². The van der Waals surface area contributed by atoms with E-state index < -0.39 is 0 Å². The van der Waals surface area contributed by atoms with Crippen LogP contribution in [-0.2, 0) is 9.53 Å². The van der Waals surface area contributed by atoms with E-state index in [1.165, 1.54) is 0 Å². The molecule has 0 spiro atoms. The molecule has 2 fully saturated rings. The van der Waals surface area contributed by atoms with Gasteiger partial charge in [-0.05, 0) is 46.3 Å². The van der Waals surface area contributed by atoms with Crippen molar-refractivity contribution in [2.24, 2.45) is 23.5 Å². The number of carbonyl (C=O) groups is 1. The van der Waals surface area contributed by atoms with E-state index in [1.807, 2.05) is 12.1 Å². The van der Waals surface area contributed by atoms with Gasteiger partial charge in [0.25, 0.3) is 0 Å². The zero-order valence-corrected chi connectivity index (χ0v) is 19.5. The predicted octanol–water partition coefficient (Wildman–Crippen LogP) is 2.71. The van der Waals surface area contributed by atoms with E-state index in [-0.39, 0.29) is 29.7 Å². The molecule has 170 valence electrons. The molecular formula is C23H24BrN7O2. The molecule has 9 nitrogen and oxygen atoms in total. The first-order valence-electron chi connectivity index (χ1n) is 11.2. The van der Waals surface area contributed by atoms with Crippen LogP contribution in [0.25, 0.3) is 22.6 Å². The van der Waals surface area contributed by atoms with Crippen LogP contribution in [-0.4, -0.2) is 58.2 Å². The molecule has 2 aliphatic carbocycles. The number of H-pyrrole nitrogens is 1.